The van der Waals surface area contributed by atoms with Gasteiger partial charge in [-0.05, 0) is 101 Å². The molecule has 23 heteroatoms. The Labute approximate surface area is 426 Å². The van der Waals surface area contributed by atoms with Gasteiger partial charge in [-0.25, -0.2) is 17.6 Å². The molecule has 0 saturated heterocycles. The van der Waals surface area contributed by atoms with Crippen LogP contribution in [0.25, 0.3) is 0 Å². The van der Waals surface area contributed by atoms with Gasteiger partial charge in [-0.3, -0.25) is 38.4 Å². The molecule has 0 bridgehead atoms. The van der Waals surface area contributed by atoms with E-state index in [4.69, 9.17) is 23.2 Å². The first kappa shape index (κ1) is 54.2. The largest absolute Gasteiger partial charge is 0.391 e. The fourth-order valence-corrected chi connectivity index (χ4v) is 10.7. The number of benzene rings is 2. The van der Waals surface area contributed by atoms with Crippen molar-refractivity contribution in [2.24, 2.45) is 0 Å². The van der Waals surface area contributed by atoms with Crippen molar-refractivity contribution in [3.63, 3.8) is 0 Å². The molecule has 2 fully saturated rings. The number of rotatable bonds is 12. The van der Waals surface area contributed by atoms with Gasteiger partial charge in [-0.1, -0.05) is 35.3 Å². The van der Waals surface area contributed by atoms with Crippen molar-refractivity contribution >= 4 is 81.6 Å². The lowest BCUT2D eigenvalue weighted by molar-refractivity contribution is -0.164. The zero-order valence-corrected chi connectivity index (χ0v) is 42.6. The molecular formula is C50H54Cl2F4N8O9. The van der Waals surface area contributed by atoms with Gasteiger partial charge in [0, 0.05) is 91.1 Å². The van der Waals surface area contributed by atoms with E-state index in [1.54, 1.807) is 54.8 Å². The van der Waals surface area contributed by atoms with Gasteiger partial charge in [0.25, 0.3) is 47.0 Å². The number of alkyl halides is 4. The van der Waals surface area contributed by atoms with Gasteiger partial charge in [-0.2, -0.15) is 0 Å². The predicted molar refractivity (Wildman–Crippen MR) is 261 cm³/mol. The number of aryl methyl sites for hydroxylation is 2. The highest BCUT2D eigenvalue weighted by Crippen LogP contribution is 2.47. The van der Waals surface area contributed by atoms with Crippen molar-refractivity contribution in [2.45, 2.75) is 128 Å². The Bertz CT molecular complexity index is 3040. The first-order valence-electron chi connectivity index (χ1n) is 23.1. The van der Waals surface area contributed by atoms with E-state index >= 15 is 0 Å². The van der Waals surface area contributed by atoms with Crippen LogP contribution in [0.1, 0.15) is 121 Å². The molecule has 2 aromatic carbocycles. The Kier molecular flexibility index (Phi) is 14.4. The topological polar surface area (TPSA) is 239 Å². The highest BCUT2D eigenvalue weighted by atomic mass is 35.5. The predicted octanol–water partition coefficient (Wildman–Crippen LogP) is 6.05. The van der Waals surface area contributed by atoms with Crippen molar-refractivity contribution in [1.29, 1.82) is 0 Å². The molecule has 0 unspecified atom stereocenters. The highest BCUT2D eigenvalue weighted by Gasteiger charge is 2.63. The number of likely N-dealkylation sites (N-methyl/N-ethyl adjacent to an activating group) is 2. The molecule has 4 aromatic rings. The van der Waals surface area contributed by atoms with Gasteiger partial charge in [-0.15, -0.1) is 0 Å². The Morgan fingerprint density at radius 3 is 1.47 bits per heavy atom. The minimum Gasteiger partial charge on any atom is -0.391 e. The molecule has 7 N–H and O–H groups in total. The summed E-state index contributed by atoms with van der Waals surface area (Å²) in [6.07, 6.45) is -3.49. The van der Waals surface area contributed by atoms with E-state index in [1.807, 2.05) is 20.8 Å². The van der Waals surface area contributed by atoms with Crippen LogP contribution in [0.3, 0.4) is 0 Å². The van der Waals surface area contributed by atoms with Crippen molar-refractivity contribution in [3.05, 3.63) is 103 Å². The number of nitrogens with one attached hydrogen (secondary N) is 6. The van der Waals surface area contributed by atoms with E-state index in [9.17, 15) is 61.0 Å². The zero-order chi connectivity index (χ0) is 54.1. The molecule has 2 aliphatic carbocycles. The minimum absolute atomic E-state index is 0.0114. The van der Waals surface area contributed by atoms with Gasteiger partial charge < -0.3 is 46.1 Å². The summed E-state index contributed by atoms with van der Waals surface area (Å²) in [5.41, 5.74) is -0.230. The normalized spacial score (nSPS) is 18.8. The monoisotopic (exact) mass is 1060 g/mol. The van der Waals surface area contributed by atoms with E-state index < -0.39 is 107 Å². The molecule has 73 heavy (non-hydrogen) atoms. The summed E-state index contributed by atoms with van der Waals surface area (Å²) in [6.45, 7) is 10.6. The SMILES string of the molecule is CNC(=O)C1(NC(=O)C(=O)c2c(C)c(C(=O)Nc3ccc(C)c(Cl)c3)n3c2CCC3(C)C)CC(F)(F)C1.CNC(=O)C1(NC(=O)C(=O)c2c(C)c(C(=O)Nc3ccc(C)c(Cl)c3)n3c2C[C@@H](O)C3)CC(F)(F)C1. The second-order valence-electron chi connectivity index (χ2n) is 19.9. The van der Waals surface area contributed by atoms with E-state index in [-0.39, 0.29) is 46.7 Å². The van der Waals surface area contributed by atoms with Crippen LogP contribution in [-0.2, 0) is 44.1 Å². The molecule has 2 aliphatic heterocycles. The Morgan fingerprint density at radius 1 is 0.644 bits per heavy atom. The Balaban J connectivity index is 0.000000214. The quantitative estimate of drug-likeness (QED) is 0.0496. The van der Waals surface area contributed by atoms with Crippen LogP contribution in [0.15, 0.2) is 36.4 Å². The molecule has 4 heterocycles. The average Bonchev–Trinajstić information content (AvgIpc) is 3.98. The Morgan fingerprint density at radius 2 is 1.05 bits per heavy atom. The van der Waals surface area contributed by atoms with Crippen molar-refractivity contribution < 1.29 is 61.0 Å². The molecule has 0 spiro atoms. The number of carbonyl (C=O) groups excluding carboxylic acids is 8. The van der Waals surface area contributed by atoms with Gasteiger partial charge in [0.15, 0.2) is 0 Å². The summed E-state index contributed by atoms with van der Waals surface area (Å²) in [7, 11) is 2.51. The molecule has 8 rings (SSSR count). The molecular weight excluding hydrogens is 1000 g/mol. The summed E-state index contributed by atoms with van der Waals surface area (Å²) >= 11 is 12.3. The van der Waals surface area contributed by atoms with Crippen molar-refractivity contribution in [3.8, 4) is 0 Å². The number of amides is 6. The van der Waals surface area contributed by atoms with E-state index in [2.05, 4.69) is 31.9 Å². The molecule has 4 aliphatic rings. The van der Waals surface area contributed by atoms with Gasteiger partial charge in [0.2, 0.25) is 11.8 Å². The number of halogens is 6. The lowest BCUT2D eigenvalue weighted by Gasteiger charge is -2.45. The number of fused-ring (bicyclic) bond motifs is 2. The van der Waals surface area contributed by atoms with Crippen LogP contribution in [0, 0.1) is 27.7 Å². The lowest BCUT2D eigenvalue weighted by Crippen LogP contribution is -2.69. The first-order valence-corrected chi connectivity index (χ1v) is 23.9. The summed E-state index contributed by atoms with van der Waals surface area (Å²) in [5, 5.41) is 25.6. The summed E-state index contributed by atoms with van der Waals surface area (Å²) in [4.78, 5) is 104. The second-order valence-corrected chi connectivity index (χ2v) is 20.7. The summed E-state index contributed by atoms with van der Waals surface area (Å²) < 4.78 is 57.8. The maximum atomic E-state index is 13.7. The average molecular weight is 1060 g/mol. The Hall–Kier alpha value is -6.58. The van der Waals surface area contributed by atoms with Crippen LogP contribution in [0.5, 0.6) is 0 Å². The van der Waals surface area contributed by atoms with Crippen LogP contribution >= 0.6 is 23.2 Å². The zero-order valence-electron chi connectivity index (χ0n) is 41.1. The van der Waals surface area contributed by atoms with Crippen LogP contribution in [0.4, 0.5) is 28.9 Å². The number of Topliss-reactive ketones (excluding diaryl/α,β-unsaturated/α-hetero) is 2. The number of hydrogen-bond acceptors (Lipinski definition) is 9. The van der Waals surface area contributed by atoms with E-state index in [0.29, 0.717) is 45.5 Å². The van der Waals surface area contributed by atoms with Crippen molar-refractivity contribution in [1.82, 2.24) is 30.4 Å². The fraction of sp³-hybridized carbons (Fsp3) is 0.440. The fourth-order valence-electron chi connectivity index (χ4n) is 10.3. The summed E-state index contributed by atoms with van der Waals surface area (Å²) in [5.74, 6) is -13.4. The number of anilines is 2. The number of aliphatic hydroxyl groups excluding tert-OH is 1. The van der Waals surface area contributed by atoms with Gasteiger partial charge in [0.1, 0.15) is 22.5 Å². The second kappa shape index (κ2) is 19.4. The van der Waals surface area contributed by atoms with E-state index in [1.165, 1.54) is 25.6 Å². The van der Waals surface area contributed by atoms with Crippen LogP contribution in [-0.4, -0.2) is 104 Å². The molecule has 17 nitrogen and oxygen atoms in total. The lowest BCUT2D eigenvalue weighted by atomic mass is 9.72. The first-order chi connectivity index (χ1) is 33.9. The van der Waals surface area contributed by atoms with Gasteiger partial charge in [0.05, 0.1) is 17.2 Å². The molecule has 2 saturated carbocycles. The maximum Gasteiger partial charge on any atom is 0.293 e. The number of aliphatic hydroxyl groups is 1. The third kappa shape index (κ3) is 10.1. The minimum atomic E-state index is -3.15. The molecule has 2 aromatic heterocycles. The molecule has 6 amide bonds. The molecule has 390 valence electrons. The molecule has 0 radical (unpaired) electrons. The number of aromatic nitrogens is 2. The van der Waals surface area contributed by atoms with Gasteiger partial charge >= 0.3 is 0 Å². The van der Waals surface area contributed by atoms with Crippen LogP contribution < -0.4 is 31.9 Å². The smallest absolute Gasteiger partial charge is 0.293 e. The number of carbonyl (C=O) groups is 8. The van der Waals surface area contributed by atoms with E-state index in [0.717, 1.165) is 11.1 Å². The maximum absolute atomic E-state index is 13.7. The third-order valence-electron chi connectivity index (χ3n) is 14.0. The number of ketones is 2. The third-order valence-corrected chi connectivity index (χ3v) is 14.8. The standard InChI is InChI=1S/C26H29ClF2N4O4.C24H25ClF2N4O5/c1-13-6-7-15(10-16(13)27)31-21(35)19-14(2)18(17-8-9-24(3,4)33(17)19)20(34)22(36)32-25(23(37)30-5)11-26(28,29)12-25;1-11-4-5-13(6-15(11)25)29-20(34)18-12(2)17(16-7-14(32)8-31(16)18)19(33)21(35)30-23(22(36)28-3)9-24(26,27)10-23/h6-7,10H,8-9,11-12H2,1-5H3,(H,30,37)(H,31,35)(H,32,36);4-6,14,32H,7-10H2,1-3H3,(H,28,36)(H,29,34)(H,30,35)/t;14-/m.1/s1. The molecule has 1 atom stereocenters. The number of hydrogen-bond donors (Lipinski definition) is 7. The number of nitrogens with zero attached hydrogens (tertiary/aromatic N) is 2. The summed E-state index contributed by atoms with van der Waals surface area (Å²) in [6, 6.07) is 10.0. The highest BCUT2D eigenvalue weighted by molar-refractivity contribution is 6.45. The van der Waals surface area contributed by atoms with Crippen molar-refractivity contribution in [2.75, 3.05) is 24.7 Å². The van der Waals surface area contributed by atoms with Crippen LogP contribution in [0.2, 0.25) is 10.0 Å².